The first-order chi connectivity index (χ1) is 14.6. The van der Waals surface area contributed by atoms with Crippen molar-refractivity contribution in [3.05, 3.63) is 77.4 Å². The number of carbonyl (C=O) groups excluding carboxylic acids is 1. The molecule has 0 bridgehead atoms. The zero-order valence-electron chi connectivity index (χ0n) is 17.5. The topological polar surface area (TPSA) is 52.1 Å². The summed E-state index contributed by atoms with van der Waals surface area (Å²) in [7, 11) is 0. The molecule has 0 N–H and O–H groups in total. The lowest BCUT2D eigenvalue weighted by Gasteiger charge is -2.07. The number of esters is 1. The van der Waals surface area contributed by atoms with Gasteiger partial charge in [-0.2, -0.15) is 0 Å². The molecule has 30 heavy (non-hydrogen) atoms. The molecule has 0 aliphatic carbocycles. The fourth-order valence-electron chi connectivity index (χ4n) is 3.21. The molecule has 1 heterocycles. The molecule has 0 fully saturated rings. The van der Waals surface area contributed by atoms with E-state index in [0.717, 1.165) is 17.5 Å². The summed E-state index contributed by atoms with van der Waals surface area (Å²) in [5.41, 5.74) is 3.64. The van der Waals surface area contributed by atoms with Gasteiger partial charge in [-0.15, -0.1) is 0 Å². The van der Waals surface area contributed by atoms with Crippen LogP contribution in [-0.4, -0.2) is 15.9 Å². The zero-order valence-corrected chi connectivity index (χ0v) is 17.5. The van der Waals surface area contributed by atoms with Crippen LogP contribution in [-0.2, 0) is 12.8 Å². The largest absolute Gasteiger partial charge is 0.402 e. The summed E-state index contributed by atoms with van der Waals surface area (Å²) >= 11 is 0. The summed E-state index contributed by atoms with van der Waals surface area (Å²) in [6, 6.07) is 12.8. The molecule has 0 aliphatic heterocycles. The average Bonchev–Trinajstić information content (AvgIpc) is 2.77. The van der Waals surface area contributed by atoms with E-state index in [1.54, 1.807) is 12.3 Å². The summed E-state index contributed by atoms with van der Waals surface area (Å²) in [6.45, 7) is 4.13. The molecule has 0 saturated carbocycles. The summed E-state index contributed by atoms with van der Waals surface area (Å²) in [5, 5.41) is 0. The highest BCUT2D eigenvalue weighted by Gasteiger charge is 2.15. The molecule has 0 amide bonds. The Kier molecular flexibility index (Phi) is 7.66. The van der Waals surface area contributed by atoms with Gasteiger partial charge >= 0.3 is 5.97 Å². The van der Waals surface area contributed by atoms with Crippen molar-refractivity contribution in [1.29, 1.82) is 0 Å². The molecule has 4 nitrogen and oxygen atoms in total. The Morgan fingerprint density at radius 2 is 1.70 bits per heavy atom. The molecular weight excluding hydrogens is 379 g/mol. The highest BCUT2D eigenvalue weighted by molar-refractivity contribution is 5.91. The molecular formula is C25H27FN2O2. The van der Waals surface area contributed by atoms with Gasteiger partial charge in [0, 0.05) is 5.56 Å². The molecule has 3 aromatic rings. The molecule has 0 atom stereocenters. The van der Waals surface area contributed by atoms with E-state index >= 15 is 0 Å². The molecule has 2 aromatic carbocycles. The summed E-state index contributed by atoms with van der Waals surface area (Å²) in [4.78, 5) is 20.7. The summed E-state index contributed by atoms with van der Waals surface area (Å²) in [5.74, 6) is -1.35. The number of hydrogen-bond acceptors (Lipinski definition) is 4. The third-order valence-corrected chi connectivity index (χ3v) is 5.06. The molecule has 0 unspecified atom stereocenters. The predicted octanol–water partition coefficient (Wildman–Crippen LogP) is 6.19. The Hall–Kier alpha value is -3.08. The number of benzene rings is 2. The fraction of sp³-hybridized carbons (Fsp3) is 0.320. The van der Waals surface area contributed by atoms with E-state index < -0.39 is 11.8 Å². The first kappa shape index (κ1) is 21.6. The van der Waals surface area contributed by atoms with Crippen molar-refractivity contribution in [2.75, 3.05) is 0 Å². The molecule has 0 saturated heterocycles. The van der Waals surface area contributed by atoms with Crippen LogP contribution in [0.3, 0.4) is 0 Å². The maximum atomic E-state index is 14.1. The lowest BCUT2D eigenvalue weighted by Crippen LogP contribution is -2.12. The van der Waals surface area contributed by atoms with Crippen molar-refractivity contribution in [2.45, 2.75) is 52.4 Å². The second-order valence-corrected chi connectivity index (χ2v) is 7.30. The van der Waals surface area contributed by atoms with Gasteiger partial charge in [0.25, 0.3) is 0 Å². The minimum Gasteiger partial charge on any atom is -0.402 e. The van der Waals surface area contributed by atoms with Gasteiger partial charge in [-0.1, -0.05) is 63.4 Å². The second kappa shape index (κ2) is 10.6. The molecule has 5 heteroatoms. The standard InChI is InChI=1S/C25H27FN2O2/c1-3-5-6-7-8-19-9-12-20(13-10-19)23-16-28-24(17-27-23)30-25(29)21-14-11-18(4-2)15-22(21)26/h9-17H,3-8H2,1-2H3. The van der Waals surface area contributed by atoms with E-state index in [2.05, 4.69) is 29.0 Å². The average molecular weight is 407 g/mol. The van der Waals surface area contributed by atoms with Gasteiger partial charge < -0.3 is 4.74 Å². The van der Waals surface area contributed by atoms with Crippen LogP contribution in [0.1, 0.15) is 61.0 Å². The van der Waals surface area contributed by atoms with Crippen LogP contribution in [0.4, 0.5) is 4.39 Å². The van der Waals surface area contributed by atoms with Crippen molar-refractivity contribution >= 4 is 5.97 Å². The van der Waals surface area contributed by atoms with Crippen LogP contribution >= 0.6 is 0 Å². The molecule has 3 rings (SSSR count). The van der Waals surface area contributed by atoms with Crippen LogP contribution in [0.5, 0.6) is 5.88 Å². The molecule has 156 valence electrons. The number of rotatable bonds is 9. The lowest BCUT2D eigenvalue weighted by molar-refractivity contribution is 0.0722. The van der Waals surface area contributed by atoms with Crippen molar-refractivity contribution < 1.29 is 13.9 Å². The van der Waals surface area contributed by atoms with Gasteiger partial charge in [-0.25, -0.2) is 19.2 Å². The van der Waals surface area contributed by atoms with Crippen molar-refractivity contribution in [3.8, 4) is 17.1 Å². The number of unbranched alkanes of at least 4 members (excludes halogenated alkanes) is 3. The highest BCUT2D eigenvalue weighted by Crippen LogP contribution is 2.20. The number of ether oxygens (including phenoxy) is 1. The SMILES string of the molecule is CCCCCCc1ccc(-c2cnc(OC(=O)c3ccc(CC)cc3F)cn2)cc1. The number of nitrogens with zero attached hydrogens (tertiary/aromatic N) is 2. The van der Waals surface area contributed by atoms with E-state index in [9.17, 15) is 9.18 Å². The van der Waals surface area contributed by atoms with Gasteiger partial charge in [-0.05, 0) is 42.5 Å². The first-order valence-electron chi connectivity index (χ1n) is 10.5. The van der Waals surface area contributed by atoms with Crippen LogP contribution in [0, 0.1) is 5.82 Å². The van der Waals surface area contributed by atoms with Crippen LogP contribution < -0.4 is 4.74 Å². The van der Waals surface area contributed by atoms with Crippen molar-refractivity contribution in [1.82, 2.24) is 9.97 Å². The maximum Gasteiger partial charge on any atom is 0.347 e. The van der Waals surface area contributed by atoms with E-state index in [1.807, 2.05) is 19.1 Å². The predicted molar refractivity (Wildman–Crippen MR) is 116 cm³/mol. The van der Waals surface area contributed by atoms with Gasteiger partial charge in [0.2, 0.25) is 5.88 Å². The first-order valence-corrected chi connectivity index (χ1v) is 10.5. The summed E-state index contributed by atoms with van der Waals surface area (Å²) in [6.07, 6.45) is 9.69. The Morgan fingerprint density at radius 3 is 2.33 bits per heavy atom. The van der Waals surface area contributed by atoms with Crippen LogP contribution in [0.15, 0.2) is 54.9 Å². The van der Waals surface area contributed by atoms with Gasteiger partial charge in [-0.3, -0.25) is 0 Å². The summed E-state index contributed by atoms with van der Waals surface area (Å²) < 4.78 is 19.3. The van der Waals surface area contributed by atoms with E-state index in [0.29, 0.717) is 12.1 Å². The quantitative estimate of drug-likeness (QED) is 0.314. The number of carbonyl (C=O) groups is 1. The van der Waals surface area contributed by atoms with Crippen molar-refractivity contribution in [2.24, 2.45) is 0 Å². The number of aryl methyl sites for hydroxylation is 2. The third kappa shape index (κ3) is 5.72. The fourth-order valence-corrected chi connectivity index (χ4v) is 3.21. The zero-order chi connectivity index (χ0) is 21.3. The highest BCUT2D eigenvalue weighted by atomic mass is 19.1. The normalized spacial score (nSPS) is 10.8. The smallest absolute Gasteiger partial charge is 0.347 e. The molecule has 0 spiro atoms. The van der Waals surface area contributed by atoms with Crippen LogP contribution in [0.25, 0.3) is 11.3 Å². The molecule has 1 aromatic heterocycles. The Bertz CT molecular complexity index is 969. The maximum absolute atomic E-state index is 14.1. The van der Waals surface area contributed by atoms with Crippen molar-refractivity contribution in [3.63, 3.8) is 0 Å². The van der Waals surface area contributed by atoms with Gasteiger partial charge in [0.15, 0.2) is 0 Å². The second-order valence-electron chi connectivity index (χ2n) is 7.30. The number of hydrogen-bond donors (Lipinski definition) is 0. The van der Waals surface area contributed by atoms with Gasteiger partial charge in [0.1, 0.15) is 5.82 Å². The lowest BCUT2D eigenvalue weighted by atomic mass is 10.0. The monoisotopic (exact) mass is 406 g/mol. The number of aromatic nitrogens is 2. The van der Waals surface area contributed by atoms with E-state index in [4.69, 9.17) is 4.74 Å². The van der Waals surface area contributed by atoms with E-state index in [-0.39, 0.29) is 11.4 Å². The minimum atomic E-state index is -0.787. The Morgan fingerprint density at radius 1 is 0.933 bits per heavy atom. The number of halogens is 1. The molecule has 0 radical (unpaired) electrons. The Balaban J connectivity index is 1.61. The molecule has 0 aliphatic rings. The third-order valence-electron chi connectivity index (χ3n) is 5.06. The van der Waals surface area contributed by atoms with Gasteiger partial charge in [0.05, 0.1) is 23.7 Å². The minimum absolute atomic E-state index is 0.0373. The van der Waals surface area contributed by atoms with Crippen LogP contribution in [0.2, 0.25) is 0 Å². The Labute approximate surface area is 177 Å². The van der Waals surface area contributed by atoms with E-state index in [1.165, 1.54) is 49.6 Å².